The van der Waals surface area contributed by atoms with Crippen LogP contribution in [0.5, 0.6) is 0 Å². The second kappa shape index (κ2) is 6.46. The Morgan fingerprint density at radius 1 is 1.33 bits per heavy atom. The molecule has 3 heterocycles. The molecule has 1 aliphatic rings. The van der Waals surface area contributed by atoms with Crippen LogP contribution >= 0.6 is 0 Å². The molecule has 112 valence electrons. The summed E-state index contributed by atoms with van der Waals surface area (Å²) in [5.41, 5.74) is 2.43. The molecule has 0 bridgehead atoms. The first-order valence-corrected chi connectivity index (χ1v) is 6.93. The monoisotopic (exact) mass is 290 g/mol. The molecule has 1 saturated heterocycles. The number of nitrogens with two attached hydrogens (primary N) is 1. The molecule has 0 aromatic carbocycles. The first-order valence-electron chi connectivity index (χ1n) is 6.93. The highest BCUT2D eigenvalue weighted by Gasteiger charge is 2.15. The number of rotatable bonds is 6. The van der Waals surface area contributed by atoms with Crippen LogP contribution in [0.15, 0.2) is 18.5 Å². The zero-order valence-electron chi connectivity index (χ0n) is 11.6. The van der Waals surface area contributed by atoms with Gasteiger partial charge in [0, 0.05) is 25.5 Å². The lowest BCUT2D eigenvalue weighted by Gasteiger charge is -2.11. The second-order valence-corrected chi connectivity index (χ2v) is 4.73. The Hall–Kier alpha value is -2.26. The van der Waals surface area contributed by atoms with Crippen molar-refractivity contribution in [2.45, 2.75) is 25.4 Å². The standard InChI is InChI=1S/C12H18N8O/c13-19-11-16-10(14-6-4-9-3-1-8-21-9)17-12(18-11)20-7-2-5-15-20/h2,5,7,9H,1,3-4,6,8,13H2,(H2,14,16,17,18,19). The lowest BCUT2D eigenvalue weighted by Crippen LogP contribution is -2.18. The first-order chi connectivity index (χ1) is 10.3. The van der Waals surface area contributed by atoms with Crippen molar-refractivity contribution in [3.8, 4) is 5.95 Å². The van der Waals surface area contributed by atoms with E-state index in [4.69, 9.17) is 10.6 Å². The number of aromatic nitrogens is 5. The van der Waals surface area contributed by atoms with Crippen LogP contribution in [-0.4, -0.2) is 44.0 Å². The number of nitrogen functional groups attached to an aromatic ring is 1. The number of nitrogens with zero attached hydrogens (tertiary/aromatic N) is 5. The average molecular weight is 290 g/mol. The number of hydrazine groups is 1. The van der Waals surface area contributed by atoms with Crippen LogP contribution in [0.25, 0.3) is 5.95 Å². The van der Waals surface area contributed by atoms with Crippen molar-refractivity contribution in [2.75, 3.05) is 23.9 Å². The van der Waals surface area contributed by atoms with E-state index in [0.29, 0.717) is 18.0 Å². The van der Waals surface area contributed by atoms with Gasteiger partial charge in [-0.2, -0.15) is 20.1 Å². The second-order valence-electron chi connectivity index (χ2n) is 4.73. The van der Waals surface area contributed by atoms with E-state index >= 15 is 0 Å². The molecule has 9 nitrogen and oxygen atoms in total. The summed E-state index contributed by atoms with van der Waals surface area (Å²) < 4.78 is 7.13. The molecule has 1 atom stereocenters. The van der Waals surface area contributed by atoms with E-state index in [0.717, 1.165) is 32.4 Å². The predicted molar refractivity (Wildman–Crippen MR) is 76.8 cm³/mol. The molecular formula is C12H18N8O. The molecule has 3 rings (SSSR count). The number of nitrogens with one attached hydrogen (secondary N) is 2. The number of anilines is 2. The van der Waals surface area contributed by atoms with Crippen molar-refractivity contribution in [1.82, 2.24) is 24.7 Å². The summed E-state index contributed by atoms with van der Waals surface area (Å²) in [4.78, 5) is 12.7. The zero-order chi connectivity index (χ0) is 14.5. The van der Waals surface area contributed by atoms with Gasteiger partial charge in [-0.1, -0.05) is 0 Å². The van der Waals surface area contributed by atoms with E-state index in [2.05, 4.69) is 30.8 Å². The largest absolute Gasteiger partial charge is 0.378 e. The smallest absolute Gasteiger partial charge is 0.257 e. The third-order valence-corrected chi connectivity index (χ3v) is 3.24. The van der Waals surface area contributed by atoms with Gasteiger partial charge >= 0.3 is 0 Å². The fourth-order valence-electron chi connectivity index (χ4n) is 2.21. The van der Waals surface area contributed by atoms with Gasteiger partial charge in [-0.15, -0.1) is 0 Å². The van der Waals surface area contributed by atoms with Crippen LogP contribution in [0.4, 0.5) is 11.9 Å². The minimum absolute atomic E-state index is 0.287. The highest BCUT2D eigenvalue weighted by atomic mass is 16.5. The van der Waals surface area contributed by atoms with Crippen molar-refractivity contribution in [3.63, 3.8) is 0 Å². The van der Waals surface area contributed by atoms with Crippen LogP contribution in [0.3, 0.4) is 0 Å². The third kappa shape index (κ3) is 3.44. The molecule has 0 saturated carbocycles. The lowest BCUT2D eigenvalue weighted by atomic mass is 10.2. The van der Waals surface area contributed by atoms with E-state index in [9.17, 15) is 0 Å². The van der Waals surface area contributed by atoms with E-state index in [1.165, 1.54) is 0 Å². The van der Waals surface area contributed by atoms with Crippen molar-refractivity contribution < 1.29 is 4.74 Å². The van der Waals surface area contributed by atoms with Crippen molar-refractivity contribution in [1.29, 1.82) is 0 Å². The van der Waals surface area contributed by atoms with Gasteiger partial charge in [-0.05, 0) is 25.3 Å². The van der Waals surface area contributed by atoms with Gasteiger partial charge in [0.15, 0.2) is 0 Å². The van der Waals surface area contributed by atoms with Gasteiger partial charge in [0.05, 0.1) is 6.10 Å². The summed E-state index contributed by atoms with van der Waals surface area (Å²) in [5, 5.41) is 7.26. The fraction of sp³-hybridized carbons (Fsp3) is 0.500. The topological polar surface area (TPSA) is 116 Å². The molecule has 0 radical (unpaired) electrons. The Labute approximate surface area is 121 Å². The highest BCUT2D eigenvalue weighted by molar-refractivity contribution is 5.36. The minimum Gasteiger partial charge on any atom is -0.378 e. The Morgan fingerprint density at radius 2 is 2.24 bits per heavy atom. The molecule has 0 amide bonds. The van der Waals surface area contributed by atoms with E-state index < -0.39 is 0 Å². The van der Waals surface area contributed by atoms with Gasteiger partial charge in [0.1, 0.15) is 0 Å². The normalized spacial score (nSPS) is 17.9. The number of hydrogen-bond acceptors (Lipinski definition) is 8. The summed E-state index contributed by atoms with van der Waals surface area (Å²) in [7, 11) is 0. The van der Waals surface area contributed by atoms with Gasteiger partial charge in [-0.3, -0.25) is 5.43 Å². The number of hydrogen-bond donors (Lipinski definition) is 3. The van der Waals surface area contributed by atoms with Crippen LogP contribution in [-0.2, 0) is 4.74 Å². The molecule has 0 aliphatic carbocycles. The van der Waals surface area contributed by atoms with Crippen LogP contribution in [0.1, 0.15) is 19.3 Å². The van der Waals surface area contributed by atoms with Crippen LogP contribution < -0.4 is 16.6 Å². The van der Waals surface area contributed by atoms with Gasteiger partial charge in [0.2, 0.25) is 11.9 Å². The summed E-state index contributed by atoms with van der Waals surface area (Å²) in [6.07, 6.45) is 6.93. The van der Waals surface area contributed by atoms with Crippen LogP contribution in [0.2, 0.25) is 0 Å². The molecule has 1 fully saturated rings. The van der Waals surface area contributed by atoms with Crippen molar-refractivity contribution in [3.05, 3.63) is 18.5 Å². The van der Waals surface area contributed by atoms with E-state index in [1.54, 1.807) is 23.1 Å². The summed E-state index contributed by atoms with van der Waals surface area (Å²) >= 11 is 0. The summed E-state index contributed by atoms with van der Waals surface area (Å²) in [6, 6.07) is 1.80. The SMILES string of the molecule is NNc1nc(NCCC2CCCO2)nc(-n2cccn2)n1. The summed E-state index contributed by atoms with van der Waals surface area (Å²) in [5.74, 6) is 6.54. The Kier molecular flexibility index (Phi) is 4.22. The van der Waals surface area contributed by atoms with Crippen LogP contribution in [0, 0.1) is 0 Å². The molecule has 1 unspecified atom stereocenters. The van der Waals surface area contributed by atoms with E-state index in [1.807, 2.05) is 0 Å². The van der Waals surface area contributed by atoms with E-state index in [-0.39, 0.29) is 5.95 Å². The fourth-order valence-corrected chi connectivity index (χ4v) is 2.21. The van der Waals surface area contributed by atoms with Gasteiger partial charge in [-0.25, -0.2) is 10.5 Å². The Balaban J connectivity index is 1.67. The molecule has 0 spiro atoms. The molecule has 1 aliphatic heterocycles. The maximum Gasteiger partial charge on any atom is 0.257 e. The molecule has 2 aromatic heterocycles. The van der Waals surface area contributed by atoms with Gasteiger partial charge in [0.25, 0.3) is 5.95 Å². The van der Waals surface area contributed by atoms with Crippen molar-refractivity contribution >= 4 is 11.9 Å². The lowest BCUT2D eigenvalue weighted by molar-refractivity contribution is 0.107. The average Bonchev–Trinajstić information content (AvgIpc) is 3.20. The molecule has 4 N–H and O–H groups in total. The summed E-state index contributed by atoms with van der Waals surface area (Å²) in [6.45, 7) is 1.60. The van der Waals surface area contributed by atoms with Gasteiger partial charge < -0.3 is 10.1 Å². The quantitative estimate of drug-likeness (QED) is 0.514. The minimum atomic E-state index is 0.287. The molecule has 9 heteroatoms. The maximum absolute atomic E-state index is 5.58. The Morgan fingerprint density at radius 3 is 2.95 bits per heavy atom. The molecule has 2 aromatic rings. The highest BCUT2D eigenvalue weighted by Crippen LogP contribution is 2.15. The third-order valence-electron chi connectivity index (χ3n) is 3.24. The molecule has 21 heavy (non-hydrogen) atoms. The van der Waals surface area contributed by atoms with Crippen molar-refractivity contribution in [2.24, 2.45) is 5.84 Å². The zero-order valence-corrected chi connectivity index (χ0v) is 11.6. The maximum atomic E-state index is 5.58. The Bertz CT molecular complexity index is 567. The number of ether oxygens (including phenoxy) is 1. The molecular weight excluding hydrogens is 272 g/mol. The first kappa shape index (κ1) is 13.7. The predicted octanol–water partition coefficient (Wildman–Crippen LogP) is 0.324.